The van der Waals surface area contributed by atoms with Crippen LogP contribution in [0.2, 0.25) is 0 Å². The standard InChI is InChI=1S/C6H14N2O3/c1-7-6(9)8-4-5(10-2)11-3/h5H,4H2,1-3H3,(H2,7,8,9). The molecular formula is C6H14N2O3. The van der Waals surface area contributed by atoms with E-state index in [2.05, 4.69) is 10.6 Å². The summed E-state index contributed by atoms with van der Waals surface area (Å²) in [5.41, 5.74) is 0. The molecule has 11 heavy (non-hydrogen) atoms. The van der Waals surface area contributed by atoms with Crippen LogP contribution in [-0.2, 0) is 9.47 Å². The van der Waals surface area contributed by atoms with Crippen molar-refractivity contribution in [3.8, 4) is 0 Å². The topological polar surface area (TPSA) is 59.6 Å². The molecule has 66 valence electrons. The van der Waals surface area contributed by atoms with E-state index in [-0.39, 0.29) is 12.3 Å². The Labute approximate surface area is 66.1 Å². The summed E-state index contributed by atoms with van der Waals surface area (Å²) in [6, 6.07) is -0.246. The first-order valence-corrected chi connectivity index (χ1v) is 3.25. The molecule has 0 bridgehead atoms. The van der Waals surface area contributed by atoms with E-state index in [1.165, 1.54) is 14.2 Å². The van der Waals surface area contributed by atoms with E-state index < -0.39 is 0 Å². The molecular weight excluding hydrogens is 148 g/mol. The second-order valence-electron chi connectivity index (χ2n) is 1.86. The van der Waals surface area contributed by atoms with Gasteiger partial charge in [-0.25, -0.2) is 4.79 Å². The number of methoxy groups -OCH3 is 2. The van der Waals surface area contributed by atoms with Crippen molar-refractivity contribution >= 4 is 6.03 Å². The quantitative estimate of drug-likeness (QED) is 0.550. The number of amides is 2. The number of ether oxygens (including phenoxy) is 2. The lowest BCUT2D eigenvalue weighted by Crippen LogP contribution is -2.39. The Kier molecular flexibility index (Phi) is 5.50. The van der Waals surface area contributed by atoms with Crippen LogP contribution in [0.5, 0.6) is 0 Å². The fourth-order valence-corrected chi connectivity index (χ4v) is 0.527. The summed E-state index contributed by atoms with van der Waals surface area (Å²) in [6.07, 6.45) is -0.382. The lowest BCUT2D eigenvalue weighted by atomic mass is 10.6. The molecule has 0 radical (unpaired) electrons. The van der Waals surface area contributed by atoms with E-state index in [4.69, 9.17) is 9.47 Å². The zero-order valence-corrected chi connectivity index (χ0v) is 7.01. The molecule has 0 rings (SSSR count). The van der Waals surface area contributed by atoms with Crippen LogP contribution >= 0.6 is 0 Å². The molecule has 0 aliphatic heterocycles. The third kappa shape index (κ3) is 4.58. The van der Waals surface area contributed by atoms with Crippen LogP contribution in [-0.4, -0.2) is 40.1 Å². The fourth-order valence-electron chi connectivity index (χ4n) is 0.527. The SMILES string of the molecule is CNC(=O)NCC(OC)OC. The summed E-state index contributed by atoms with van der Waals surface area (Å²) >= 11 is 0. The minimum absolute atomic E-state index is 0.246. The van der Waals surface area contributed by atoms with Gasteiger partial charge in [-0.05, 0) is 0 Å². The molecule has 5 heteroatoms. The average molecular weight is 162 g/mol. The highest BCUT2D eigenvalue weighted by atomic mass is 16.7. The van der Waals surface area contributed by atoms with Gasteiger partial charge in [0.15, 0.2) is 6.29 Å². The van der Waals surface area contributed by atoms with Crippen LogP contribution in [0.3, 0.4) is 0 Å². The Hall–Kier alpha value is -0.810. The second kappa shape index (κ2) is 5.94. The van der Waals surface area contributed by atoms with Gasteiger partial charge in [-0.15, -0.1) is 0 Å². The van der Waals surface area contributed by atoms with Gasteiger partial charge in [-0.1, -0.05) is 0 Å². The van der Waals surface area contributed by atoms with Gasteiger partial charge in [0.05, 0.1) is 6.54 Å². The van der Waals surface area contributed by atoms with Gasteiger partial charge >= 0.3 is 6.03 Å². The summed E-state index contributed by atoms with van der Waals surface area (Å²) in [5.74, 6) is 0. The van der Waals surface area contributed by atoms with Crippen LogP contribution in [0.4, 0.5) is 4.79 Å². The summed E-state index contributed by atoms with van der Waals surface area (Å²) in [7, 11) is 4.57. The molecule has 0 atom stereocenters. The van der Waals surface area contributed by atoms with Gasteiger partial charge in [0.25, 0.3) is 0 Å². The number of rotatable bonds is 4. The van der Waals surface area contributed by atoms with Crippen molar-refractivity contribution in [2.24, 2.45) is 0 Å². The largest absolute Gasteiger partial charge is 0.354 e. The Balaban J connectivity index is 3.42. The Morgan fingerprint density at radius 3 is 2.36 bits per heavy atom. The fraction of sp³-hybridized carbons (Fsp3) is 0.833. The van der Waals surface area contributed by atoms with Gasteiger partial charge in [0.1, 0.15) is 0 Å². The van der Waals surface area contributed by atoms with Gasteiger partial charge in [-0.3, -0.25) is 0 Å². The summed E-state index contributed by atoms with van der Waals surface area (Å²) < 4.78 is 9.66. The molecule has 0 spiro atoms. The minimum atomic E-state index is -0.382. The third-order valence-corrected chi connectivity index (χ3v) is 1.18. The normalized spacial score (nSPS) is 9.82. The molecule has 0 saturated heterocycles. The number of nitrogens with one attached hydrogen (secondary N) is 2. The molecule has 2 N–H and O–H groups in total. The van der Waals surface area contributed by atoms with Crippen molar-refractivity contribution in [1.29, 1.82) is 0 Å². The number of hydrogen-bond donors (Lipinski definition) is 2. The molecule has 0 heterocycles. The summed E-state index contributed by atoms with van der Waals surface area (Å²) in [6.45, 7) is 0.340. The van der Waals surface area contributed by atoms with E-state index in [1.54, 1.807) is 7.05 Å². The maximum atomic E-state index is 10.6. The predicted octanol–water partition coefficient (Wildman–Crippen LogP) is -0.466. The first-order valence-electron chi connectivity index (χ1n) is 3.25. The predicted molar refractivity (Wildman–Crippen MR) is 40.3 cm³/mol. The smallest absolute Gasteiger partial charge is 0.314 e. The van der Waals surface area contributed by atoms with Crippen LogP contribution in [0.1, 0.15) is 0 Å². The molecule has 0 aliphatic carbocycles. The zero-order valence-electron chi connectivity index (χ0n) is 7.01. The maximum Gasteiger partial charge on any atom is 0.314 e. The van der Waals surface area contributed by atoms with Crippen LogP contribution < -0.4 is 10.6 Å². The van der Waals surface area contributed by atoms with E-state index >= 15 is 0 Å². The Morgan fingerprint density at radius 1 is 1.45 bits per heavy atom. The van der Waals surface area contributed by atoms with Crippen molar-refractivity contribution in [3.63, 3.8) is 0 Å². The first kappa shape index (κ1) is 10.2. The molecule has 0 aromatic rings. The van der Waals surface area contributed by atoms with E-state index in [9.17, 15) is 4.79 Å². The summed E-state index contributed by atoms with van der Waals surface area (Å²) in [5, 5.41) is 4.94. The lowest BCUT2D eigenvalue weighted by Gasteiger charge is -2.13. The van der Waals surface area contributed by atoms with E-state index in [0.29, 0.717) is 6.54 Å². The van der Waals surface area contributed by atoms with Crippen molar-refractivity contribution in [2.45, 2.75) is 6.29 Å². The maximum absolute atomic E-state index is 10.6. The highest BCUT2D eigenvalue weighted by Gasteiger charge is 2.05. The molecule has 0 saturated carbocycles. The molecule has 5 nitrogen and oxygen atoms in total. The lowest BCUT2D eigenvalue weighted by molar-refractivity contribution is -0.0971. The zero-order chi connectivity index (χ0) is 8.69. The first-order chi connectivity index (χ1) is 5.24. The van der Waals surface area contributed by atoms with Gasteiger partial charge in [0.2, 0.25) is 0 Å². The Bertz CT molecular complexity index is 114. The van der Waals surface area contributed by atoms with Gasteiger partial charge in [0, 0.05) is 21.3 Å². The number of carbonyl (C=O) groups is 1. The van der Waals surface area contributed by atoms with Crippen molar-refractivity contribution in [1.82, 2.24) is 10.6 Å². The number of urea groups is 1. The van der Waals surface area contributed by atoms with Crippen molar-refractivity contribution in [2.75, 3.05) is 27.8 Å². The van der Waals surface area contributed by atoms with Crippen LogP contribution in [0, 0.1) is 0 Å². The minimum Gasteiger partial charge on any atom is -0.354 e. The van der Waals surface area contributed by atoms with E-state index in [1.807, 2.05) is 0 Å². The highest BCUT2D eigenvalue weighted by Crippen LogP contribution is 1.86. The second-order valence-corrected chi connectivity index (χ2v) is 1.86. The molecule has 0 aliphatic rings. The third-order valence-electron chi connectivity index (χ3n) is 1.18. The highest BCUT2D eigenvalue weighted by molar-refractivity contribution is 5.73. The molecule has 0 unspecified atom stereocenters. The van der Waals surface area contributed by atoms with Gasteiger partial charge in [-0.2, -0.15) is 0 Å². The molecule has 2 amide bonds. The molecule has 0 fully saturated rings. The molecule has 0 aromatic carbocycles. The van der Waals surface area contributed by atoms with Crippen molar-refractivity contribution < 1.29 is 14.3 Å². The van der Waals surface area contributed by atoms with Crippen LogP contribution in [0.15, 0.2) is 0 Å². The summed E-state index contributed by atoms with van der Waals surface area (Å²) in [4.78, 5) is 10.6. The van der Waals surface area contributed by atoms with Gasteiger partial charge < -0.3 is 20.1 Å². The van der Waals surface area contributed by atoms with Crippen molar-refractivity contribution in [3.05, 3.63) is 0 Å². The average Bonchev–Trinajstić information content (AvgIpc) is 2.06. The van der Waals surface area contributed by atoms with E-state index in [0.717, 1.165) is 0 Å². The Morgan fingerprint density at radius 2 is 2.00 bits per heavy atom. The number of hydrogen-bond acceptors (Lipinski definition) is 3. The monoisotopic (exact) mass is 162 g/mol. The number of carbonyl (C=O) groups excluding carboxylic acids is 1. The molecule has 0 aromatic heterocycles. The van der Waals surface area contributed by atoms with Crippen LogP contribution in [0.25, 0.3) is 0 Å².